The fourth-order valence-corrected chi connectivity index (χ4v) is 1.09. The maximum absolute atomic E-state index is 12.3. The molecule has 0 aromatic carbocycles. The Bertz CT molecular complexity index is 384. The van der Waals surface area contributed by atoms with E-state index < -0.39 is 29.3 Å². The van der Waals surface area contributed by atoms with Crippen LogP contribution >= 0.6 is 11.6 Å². The molecule has 0 spiro atoms. The summed E-state index contributed by atoms with van der Waals surface area (Å²) in [5, 5.41) is 8.22. The number of nitrogens with two attached hydrogens (primary N) is 1. The molecule has 76 valence electrons. The lowest BCUT2D eigenvalue weighted by molar-refractivity contribution is 0.0691. The highest BCUT2D eigenvalue weighted by molar-refractivity contribution is 6.29. The second kappa shape index (κ2) is 3.75. The Morgan fingerprint density at radius 3 is 2.64 bits per heavy atom. The fraction of sp³-hybridized carbons (Fsp3) is 0.143. The van der Waals surface area contributed by atoms with Crippen molar-refractivity contribution in [1.29, 1.82) is 0 Å². The van der Waals surface area contributed by atoms with Crippen molar-refractivity contribution in [3.63, 3.8) is 0 Å². The number of rotatable bonds is 2. The van der Waals surface area contributed by atoms with Gasteiger partial charge in [-0.1, -0.05) is 11.6 Å². The van der Waals surface area contributed by atoms with Gasteiger partial charge in [0.05, 0.1) is 5.69 Å². The zero-order valence-corrected chi connectivity index (χ0v) is 7.42. The van der Waals surface area contributed by atoms with Crippen LogP contribution < -0.4 is 5.73 Å². The lowest BCUT2D eigenvalue weighted by Crippen LogP contribution is -2.09. The third kappa shape index (κ3) is 1.90. The van der Waals surface area contributed by atoms with E-state index in [9.17, 15) is 13.6 Å². The molecular formula is C7H5ClF2N2O2. The minimum absolute atomic E-state index is 0.327. The molecule has 1 aromatic rings. The van der Waals surface area contributed by atoms with Gasteiger partial charge >= 0.3 is 5.97 Å². The highest BCUT2D eigenvalue weighted by atomic mass is 35.5. The highest BCUT2D eigenvalue weighted by Gasteiger charge is 2.20. The topological polar surface area (TPSA) is 76.2 Å². The van der Waals surface area contributed by atoms with Crippen LogP contribution in [0, 0.1) is 0 Å². The number of nitrogens with zero attached hydrogens (tertiary/aromatic N) is 1. The van der Waals surface area contributed by atoms with Crippen LogP contribution in [0.25, 0.3) is 0 Å². The molecule has 1 rings (SSSR count). The van der Waals surface area contributed by atoms with Gasteiger partial charge in [-0.2, -0.15) is 0 Å². The van der Waals surface area contributed by atoms with Crippen LogP contribution in [-0.4, -0.2) is 16.1 Å². The van der Waals surface area contributed by atoms with Gasteiger partial charge in [-0.05, 0) is 6.07 Å². The summed E-state index contributed by atoms with van der Waals surface area (Å²) in [7, 11) is 0. The van der Waals surface area contributed by atoms with Crippen LogP contribution in [0.1, 0.15) is 22.5 Å². The van der Waals surface area contributed by atoms with Crippen molar-refractivity contribution in [3.8, 4) is 0 Å². The maximum Gasteiger partial charge on any atom is 0.356 e. The van der Waals surface area contributed by atoms with Gasteiger partial charge in [-0.15, -0.1) is 0 Å². The molecule has 0 bridgehead atoms. The normalized spacial score (nSPS) is 10.6. The van der Waals surface area contributed by atoms with E-state index in [0.29, 0.717) is 0 Å². The number of halogens is 3. The van der Waals surface area contributed by atoms with Crippen molar-refractivity contribution in [3.05, 3.63) is 22.5 Å². The SMILES string of the molecule is Nc1c(C(F)F)cc(Cl)nc1C(=O)O. The fourth-order valence-electron chi connectivity index (χ4n) is 0.886. The molecule has 0 saturated carbocycles. The first kappa shape index (κ1) is 10.6. The zero-order chi connectivity index (χ0) is 10.9. The van der Waals surface area contributed by atoms with Crippen molar-refractivity contribution < 1.29 is 18.7 Å². The molecular weight excluding hydrogens is 218 g/mol. The first-order valence-electron chi connectivity index (χ1n) is 3.41. The second-order valence-corrected chi connectivity index (χ2v) is 2.79. The predicted molar refractivity (Wildman–Crippen MR) is 45.6 cm³/mol. The monoisotopic (exact) mass is 222 g/mol. The number of carboxylic acid groups (broad SMARTS) is 1. The minimum Gasteiger partial charge on any atom is -0.476 e. The standard InChI is InChI=1S/C7H5ClF2N2O2/c8-3-1-2(6(9)10)4(11)5(12-3)7(13)14/h1,6H,11H2,(H,13,14). The van der Waals surface area contributed by atoms with Gasteiger partial charge in [0.1, 0.15) is 5.15 Å². The molecule has 4 nitrogen and oxygen atoms in total. The summed E-state index contributed by atoms with van der Waals surface area (Å²) in [4.78, 5) is 13.8. The quantitative estimate of drug-likeness (QED) is 0.750. The minimum atomic E-state index is -2.88. The molecule has 0 aliphatic carbocycles. The van der Waals surface area contributed by atoms with E-state index in [4.69, 9.17) is 22.4 Å². The number of alkyl halides is 2. The van der Waals surface area contributed by atoms with Gasteiger partial charge in [0.15, 0.2) is 5.69 Å². The average Bonchev–Trinajstić information content (AvgIpc) is 2.07. The zero-order valence-electron chi connectivity index (χ0n) is 6.67. The predicted octanol–water partition coefficient (Wildman–Crippen LogP) is 1.95. The molecule has 0 fully saturated rings. The number of aromatic carboxylic acids is 1. The summed E-state index contributed by atoms with van der Waals surface area (Å²) in [5.41, 5.74) is 3.33. The Morgan fingerprint density at radius 2 is 2.21 bits per heavy atom. The summed E-state index contributed by atoms with van der Waals surface area (Å²) in [5.74, 6) is -1.49. The van der Waals surface area contributed by atoms with Gasteiger partial charge in [0.2, 0.25) is 0 Å². The van der Waals surface area contributed by atoms with Crippen LogP contribution in [-0.2, 0) is 0 Å². The van der Waals surface area contributed by atoms with Crippen LogP contribution in [0.3, 0.4) is 0 Å². The lowest BCUT2D eigenvalue weighted by atomic mass is 10.2. The molecule has 0 amide bonds. The van der Waals surface area contributed by atoms with Gasteiger partial charge < -0.3 is 10.8 Å². The Balaban J connectivity index is 3.40. The Labute approximate surface area is 82.3 Å². The van der Waals surface area contributed by atoms with Gasteiger partial charge in [0, 0.05) is 5.56 Å². The molecule has 7 heteroatoms. The number of pyridine rings is 1. The van der Waals surface area contributed by atoms with Crippen molar-refractivity contribution in [2.75, 3.05) is 5.73 Å². The van der Waals surface area contributed by atoms with Crippen LogP contribution in [0.2, 0.25) is 5.15 Å². The largest absolute Gasteiger partial charge is 0.476 e. The second-order valence-electron chi connectivity index (χ2n) is 2.40. The van der Waals surface area contributed by atoms with E-state index in [-0.39, 0.29) is 5.15 Å². The van der Waals surface area contributed by atoms with E-state index in [0.717, 1.165) is 6.07 Å². The smallest absolute Gasteiger partial charge is 0.356 e. The molecule has 1 aromatic heterocycles. The number of aromatic nitrogens is 1. The molecule has 0 saturated heterocycles. The molecule has 0 atom stereocenters. The van der Waals surface area contributed by atoms with Crippen LogP contribution in [0.15, 0.2) is 6.07 Å². The van der Waals surface area contributed by atoms with Crippen molar-refractivity contribution >= 4 is 23.3 Å². The van der Waals surface area contributed by atoms with E-state index >= 15 is 0 Å². The van der Waals surface area contributed by atoms with E-state index in [1.165, 1.54) is 0 Å². The summed E-state index contributed by atoms with van der Waals surface area (Å²) >= 11 is 5.35. The molecule has 0 aliphatic heterocycles. The molecule has 1 heterocycles. The van der Waals surface area contributed by atoms with Crippen molar-refractivity contribution in [2.24, 2.45) is 0 Å². The summed E-state index contributed by atoms with van der Waals surface area (Å²) in [6.07, 6.45) is -2.88. The summed E-state index contributed by atoms with van der Waals surface area (Å²) < 4.78 is 24.6. The molecule has 0 aliphatic rings. The Kier molecular flexibility index (Phi) is 2.85. The molecule has 14 heavy (non-hydrogen) atoms. The van der Waals surface area contributed by atoms with Gasteiger partial charge in [-0.3, -0.25) is 0 Å². The van der Waals surface area contributed by atoms with E-state index in [2.05, 4.69) is 4.98 Å². The van der Waals surface area contributed by atoms with Gasteiger partial charge in [0.25, 0.3) is 6.43 Å². The number of hydrogen-bond donors (Lipinski definition) is 2. The summed E-state index contributed by atoms with van der Waals surface area (Å²) in [6, 6.07) is 0.841. The number of carbonyl (C=O) groups is 1. The summed E-state index contributed by atoms with van der Waals surface area (Å²) in [6.45, 7) is 0. The Hall–Kier alpha value is -1.43. The van der Waals surface area contributed by atoms with E-state index in [1.54, 1.807) is 0 Å². The number of carboxylic acids is 1. The number of hydrogen-bond acceptors (Lipinski definition) is 3. The third-order valence-corrected chi connectivity index (χ3v) is 1.69. The first-order valence-corrected chi connectivity index (χ1v) is 3.78. The molecule has 0 radical (unpaired) electrons. The van der Waals surface area contributed by atoms with E-state index in [1.807, 2.05) is 0 Å². The number of anilines is 1. The maximum atomic E-state index is 12.3. The molecule has 0 unspecified atom stereocenters. The average molecular weight is 223 g/mol. The third-order valence-electron chi connectivity index (χ3n) is 1.50. The van der Waals surface area contributed by atoms with Gasteiger partial charge in [-0.25, -0.2) is 18.6 Å². The van der Waals surface area contributed by atoms with Crippen LogP contribution in [0.4, 0.5) is 14.5 Å². The lowest BCUT2D eigenvalue weighted by Gasteiger charge is -2.07. The highest BCUT2D eigenvalue weighted by Crippen LogP contribution is 2.28. The Morgan fingerprint density at radius 1 is 1.64 bits per heavy atom. The van der Waals surface area contributed by atoms with Crippen LogP contribution in [0.5, 0.6) is 0 Å². The number of nitrogen functional groups attached to an aromatic ring is 1. The first-order chi connectivity index (χ1) is 6.43. The van der Waals surface area contributed by atoms with Crippen molar-refractivity contribution in [1.82, 2.24) is 4.98 Å². The molecule has 3 N–H and O–H groups in total. The van der Waals surface area contributed by atoms with Crippen molar-refractivity contribution in [2.45, 2.75) is 6.43 Å².